The number of carbonyl (C=O) groups excluding carboxylic acids is 3. The van der Waals surface area contributed by atoms with Crippen LogP contribution >= 0.6 is 34.9 Å². The molecule has 17 heteroatoms. The van der Waals surface area contributed by atoms with Gasteiger partial charge >= 0.3 is 11.9 Å². The van der Waals surface area contributed by atoms with E-state index < -0.39 is 92.6 Å². The number of halogens is 2. The molecule has 4 atom stereocenters. The third kappa shape index (κ3) is 13.1. The van der Waals surface area contributed by atoms with Crippen LogP contribution in [0.15, 0.2) is 89.1 Å². The molecule has 276 valence electrons. The lowest BCUT2D eigenvalue weighted by Crippen LogP contribution is -2.54. The van der Waals surface area contributed by atoms with Gasteiger partial charge in [-0.1, -0.05) is 63.9 Å². The molecular weight excluding hydrogens is 783 g/mol. The molecule has 3 aromatic carbocycles. The van der Waals surface area contributed by atoms with Crippen LogP contribution in [-0.2, 0) is 28.5 Å². The number of nitrogens with one attached hydrogen (secondary N) is 3. The molecule has 0 heterocycles. The first-order chi connectivity index (χ1) is 24.4. The smallest absolute Gasteiger partial charge is 0.303 e. The SMILES string of the molecule is N=C(/C=C(\O)C[C@H](CP(=O)(O)c1ccc(Br)cc1)C(=O)N[C@@H](CCC(=O)O)C(=O)N[C@@H](CCC(=O)O)C(N)=O)c1ccc(-c2cccc(Cl)c2)cc1. The van der Waals surface area contributed by atoms with Crippen molar-refractivity contribution in [1.82, 2.24) is 10.6 Å². The van der Waals surface area contributed by atoms with Crippen LogP contribution in [0.1, 0.15) is 37.7 Å². The molecule has 0 saturated carbocycles. The van der Waals surface area contributed by atoms with Crippen LogP contribution in [-0.4, -0.2) is 73.8 Å². The molecule has 0 aliphatic rings. The first-order valence-corrected chi connectivity index (χ1v) is 18.7. The summed E-state index contributed by atoms with van der Waals surface area (Å²) >= 11 is 9.34. The molecule has 52 heavy (non-hydrogen) atoms. The number of hydrogen-bond donors (Lipinski definition) is 8. The van der Waals surface area contributed by atoms with Gasteiger partial charge in [-0.05, 0) is 65.9 Å². The molecular formula is C35H37BrClN4O10P. The summed E-state index contributed by atoms with van der Waals surface area (Å²) < 4.78 is 14.2. The van der Waals surface area contributed by atoms with Crippen LogP contribution in [0.4, 0.5) is 0 Å². The van der Waals surface area contributed by atoms with Gasteiger partial charge in [0.2, 0.25) is 25.1 Å². The van der Waals surface area contributed by atoms with Crippen LogP contribution in [0.2, 0.25) is 5.02 Å². The van der Waals surface area contributed by atoms with Gasteiger partial charge in [0.1, 0.15) is 12.1 Å². The lowest BCUT2D eigenvalue weighted by Gasteiger charge is -2.25. The number of hydrogen-bond acceptors (Lipinski definition) is 8. The Morgan fingerprint density at radius 1 is 0.846 bits per heavy atom. The number of benzene rings is 3. The molecule has 0 aliphatic heterocycles. The van der Waals surface area contributed by atoms with Gasteiger partial charge in [-0.15, -0.1) is 0 Å². The second kappa shape index (κ2) is 19.1. The number of carboxylic acid groups (broad SMARTS) is 2. The van der Waals surface area contributed by atoms with Gasteiger partial charge < -0.3 is 42.0 Å². The van der Waals surface area contributed by atoms with Crippen LogP contribution in [0.25, 0.3) is 11.1 Å². The minimum atomic E-state index is -4.31. The molecule has 0 saturated heterocycles. The number of allylic oxidation sites excluding steroid dienone is 2. The highest BCUT2D eigenvalue weighted by atomic mass is 79.9. The summed E-state index contributed by atoms with van der Waals surface area (Å²) in [5.41, 5.74) is 7.23. The molecule has 3 aromatic rings. The van der Waals surface area contributed by atoms with E-state index in [2.05, 4.69) is 26.6 Å². The van der Waals surface area contributed by atoms with Crippen molar-refractivity contribution in [1.29, 1.82) is 5.41 Å². The molecule has 3 rings (SSSR count). The average Bonchev–Trinajstić information content (AvgIpc) is 3.07. The molecule has 0 aromatic heterocycles. The third-order valence-electron chi connectivity index (χ3n) is 7.78. The fourth-order valence-corrected chi connectivity index (χ4v) is 7.21. The van der Waals surface area contributed by atoms with Crippen LogP contribution in [0, 0.1) is 11.3 Å². The Balaban J connectivity index is 1.89. The maximum absolute atomic E-state index is 13.7. The van der Waals surface area contributed by atoms with E-state index in [0.29, 0.717) is 15.1 Å². The molecule has 1 unspecified atom stereocenters. The van der Waals surface area contributed by atoms with Crippen molar-refractivity contribution in [2.24, 2.45) is 11.7 Å². The van der Waals surface area contributed by atoms with Crippen LogP contribution in [0.3, 0.4) is 0 Å². The van der Waals surface area contributed by atoms with Gasteiger partial charge in [-0.3, -0.25) is 28.5 Å². The van der Waals surface area contributed by atoms with E-state index in [1.807, 2.05) is 6.07 Å². The standard InChI is InChI=1S/C35H37BrClN4O10P/c36-24-8-10-27(11-9-24)52(50,51)19-23(17-26(42)18-28(38)21-6-4-20(5-7-21)22-2-1-3-25(37)16-22)34(48)41-30(13-15-32(45)46)35(49)40-29(33(39)47)12-14-31(43)44/h1-11,16,18,23,29-30,38,42H,12-15,17,19H2,(H2,39,47)(H,40,49)(H,41,48)(H,43,44)(H,45,46)(H,50,51)/b26-18-,38-28?/t23-,29+,30+/m1/s1. The second-order valence-electron chi connectivity index (χ2n) is 11.8. The van der Waals surface area contributed by atoms with E-state index in [1.54, 1.807) is 42.5 Å². The van der Waals surface area contributed by atoms with E-state index in [9.17, 15) is 43.6 Å². The molecule has 0 fully saturated rings. The molecule has 0 radical (unpaired) electrons. The Labute approximate surface area is 312 Å². The van der Waals surface area contributed by atoms with Gasteiger partial charge in [0, 0.05) is 46.3 Å². The van der Waals surface area contributed by atoms with Crippen molar-refractivity contribution in [3.63, 3.8) is 0 Å². The van der Waals surface area contributed by atoms with Gasteiger partial charge in [0.15, 0.2) is 0 Å². The Morgan fingerprint density at radius 3 is 1.98 bits per heavy atom. The fourth-order valence-electron chi connectivity index (χ4n) is 5.04. The number of primary amides is 1. The van der Waals surface area contributed by atoms with Gasteiger partial charge in [0.25, 0.3) is 0 Å². The minimum Gasteiger partial charge on any atom is -0.512 e. The van der Waals surface area contributed by atoms with Crippen molar-refractivity contribution in [2.45, 2.75) is 44.2 Å². The van der Waals surface area contributed by atoms with Crippen molar-refractivity contribution in [2.75, 3.05) is 6.16 Å². The molecule has 14 nitrogen and oxygen atoms in total. The topological polar surface area (TPSA) is 257 Å². The van der Waals surface area contributed by atoms with Crippen molar-refractivity contribution < 1.29 is 48.8 Å². The number of nitrogens with two attached hydrogens (primary N) is 1. The van der Waals surface area contributed by atoms with Crippen molar-refractivity contribution in [3.8, 4) is 11.1 Å². The van der Waals surface area contributed by atoms with Crippen LogP contribution < -0.4 is 21.7 Å². The maximum Gasteiger partial charge on any atom is 0.303 e. The summed E-state index contributed by atoms with van der Waals surface area (Å²) in [6.45, 7) is 0. The van der Waals surface area contributed by atoms with E-state index in [4.69, 9.17) is 27.9 Å². The summed E-state index contributed by atoms with van der Waals surface area (Å²) in [6, 6.07) is 16.7. The number of carboxylic acids is 2. The van der Waals surface area contributed by atoms with Crippen LogP contribution in [0.5, 0.6) is 0 Å². The van der Waals surface area contributed by atoms with Crippen molar-refractivity contribution >= 4 is 75.6 Å². The monoisotopic (exact) mass is 818 g/mol. The zero-order valence-electron chi connectivity index (χ0n) is 27.5. The van der Waals surface area contributed by atoms with Gasteiger partial charge in [-0.2, -0.15) is 0 Å². The maximum atomic E-state index is 13.7. The Bertz CT molecular complexity index is 1890. The molecule has 9 N–H and O–H groups in total. The lowest BCUT2D eigenvalue weighted by molar-refractivity contribution is -0.139. The Hall–Kier alpha value is -4.82. The fraction of sp³-hybridized carbons (Fsp3) is 0.257. The molecule has 0 spiro atoms. The lowest BCUT2D eigenvalue weighted by atomic mass is 10.00. The largest absolute Gasteiger partial charge is 0.512 e. The number of rotatable bonds is 19. The zero-order valence-corrected chi connectivity index (χ0v) is 30.7. The summed E-state index contributed by atoms with van der Waals surface area (Å²) in [4.78, 5) is 72.3. The molecule has 3 amide bonds. The zero-order chi connectivity index (χ0) is 38.6. The summed E-state index contributed by atoms with van der Waals surface area (Å²) in [7, 11) is -4.31. The van der Waals surface area contributed by atoms with E-state index in [-0.39, 0.29) is 17.4 Å². The molecule has 0 aliphatic carbocycles. The van der Waals surface area contributed by atoms with E-state index in [1.165, 1.54) is 24.3 Å². The average molecular weight is 820 g/mol. The highest BCUT2D eigenvalue weighted by Gasteiger charge is 2.34. The minimum absolute atomic E-state index is 0.00703. The third-order valence-corrected chi connectivity index (χ3v) is 10.6. The predicted molar refractivity (Wildman–Crippen MR) is 198 cm³/mol. The highest BCUT2D eigenvalue weighted by Crippen LogP contribution is 2.43. The van der Waals surface area contributed by atoms with E-state index in [0.717, 1.165) is 17.2 Å². The van der Waals surface area contributed by atoms with Gasteiger partial charge in [0.05, 0.1) is 17.4 Å². The summed E-state index contributed by atoms with van der Waals surface area (Å²) in [5, 5.41) is 42.9. The van der Waals surface area contributed by atoms with Crippen molar-refractivity contribution in [3.05, 3.63) is 99.7 Å². The number of aliphatic carboxylic acids is 2. The summed E-state index contributed by atoms with van der Waals surface area (Å²) in [5.74, 6) is -7.73. The summed E-state index contributed by atoms with van der Waals surface area (Å²) in [6.07, 6.45) is -2.23. The number of carbonyl (C=O) groups is 5. The first kappa shape index (κ1) is 41.6. The quantitative estimate of drug-likeness (QED) is 0.0482. The normalized spacial score (nSPS) is 14.2. The highest BCUT2D eigenvalue weighted by molar-refractivity contribution is 9.10. The Kier molecular flexibility index (Phi) is 15.3. The Morgan fingerprint density at radius 2 is 1.42 bits per heavy atom. The number of aliphatic hydroxyl groups excluding tert-OH is 1. The van der Waals surface area contributed by atoms with Gasteiger partial charge in [-0.25, -0.2) is 0 Å². The molecule has 0 bridgehead atoms. The van der Waals surface area contributed by atoms with E-state index >= 15 is 0 Å². The predicted octanol–water partition coefficient (Wildman–Crippen LogP) is 4.37. The number of aliphatic hydroxyl groups is 1. The number of amides is 3. The second-order valence-corrected chi connectivity index (χ2v) is 15.4. The first-order valence-electron chi connectivity index (χ1n) is 15.7.